The van der Waals surface area contributed by atoms with Crippen LogP contribution < -0.4 is 15.2 Å². The zero-order valence-corrected chi connectivity index (χ0v) is 13.5. The molecule has 24 heavy (non-hydrogen) atoms. The van der Waals surface area contributed by atoms with Gasteiger partial charge in [0.25, 0.3) is 5.91 Å². The minimum absolute atomic E-state index is 0.0744. The summed E-state index contributed by atoms with van der Waals surface area (Å²) in [5, 5.41) is 2.15. The lowest BCUT2D eigenvalue weighted by Gasteiger charge is -2.08. The van der Waals surface area contributed by atoms with Crippen LogP contribution in [0.25, 0.3) is 10.8 Å². The third-order valence-electron chi connectivity index (χ3n) is 3.35. The van der Waals surface area contributed by atoms with E-state index in [1.165, 1.54) is 12.1 Å². The highest BCUT2D eigenvalue weighted by molar-refractivity contribution is 7.98. The van der Waals surface area contributed by atoms with Crippen LogP contribution >= 0.6 is 11.9 Å². The van der Waals surface area contributed by atoms with Crippen LogP contribution in [0.2, 0.25) is 0 Å². The van der Waals surface area contributed by atoms with Gasteiger partial charge in [0.1, 0.15) is 11.6 Å². The molecule has 122 valence electrons. The maximum atomic E-state index is 13.3. The second-order valence-electron chi connectivity index (χ2n) is 5.11. The van der Waals surface area contributed by atoms with Crippen LogP contribution in [-0.2, 0) is 4.79 Å². The van der Waals surface area contributed by atoms with Crippen molar-refractivity contribution in [2.45, 2.75) is 4.90 Å². The summed E-state index contributed by atoms with van der Waals surface area (Å²) >= 11 is 1.01. The number of benzene rings is 3. The molecule has 6 heteroatoms. The van der Waals surface area contributed by atoms with E-state index in [-0.39, 0.29) is 18.2 Å². The van der Waals surface area contributed by atoms with Gasteiger partial charge >= 0.3 is 0 Å². The lowest BCUT2D eigenvalue weighted by Crippen LogP contribution is -2.23. The van der Waals surface area contributed by atoms with E-state index >= 15 is 0 Å². The number of rotatable bonds is 5. The molecule has 0 atom stereocenters. The van der Waals surface area contributed by atoms with Crippen LogP contribution in [-0.4, -0.2) is 12.5 Å². The molecule has 1 amide bonds. The highest BCUT2D eigenvalue weighted by Gasteiger charge is 2.06. The van der Waals surface area contributed by atoms with Crippen molar-refractivity contribution in [3.8, 4) is 5.75 Å². The van der Waals surface area contributed by atoms with Gasteiger partial charge in [0, 0.05) is 4.90 Å². The standard InChI is InChI=1S/C18H15FN2O2S/c19-16-10-15(7-8-17(16)20)24-21-18(22)11-23-14-6-5-12-3-1-2-4-13(12)9-14/h1-10H,11,20H2,(H,21,22). The maximum Gasteiger partial charge on any atom is 0.267 e. The second-order valence-corrected chi connectivity index (χ2v) is 5.99. The summed E-state index contributed by atoms with van der Waals surface area (Å²) in [5.74, 6) is -0.209. The lowest BCUT2D eigenvalue weighted by molar-refractivity contribution is -0.121. The zero-order chi connectivity index (χ0) is 16.9. The van der Waals surface area contributed by atoms with E-state index < -0.39 is 5.82 Å². The molecule has 3 aromatic rings. The molecule has 0 saturated carbocycles. The number of hydrogen-bond donors (Lipinski definition) is 2. The summed E-state index contributed by atoms with van der Waals surface area (Å²) in [7, 11) is 0. The Balaban J connectivity index is 1.53. The van der Waals surface area contributed by atoms with Gasteiger partial charge in [-0.3, -0.25) is 9.52 Å². The largest absolute Gasteiger partial charge is 0.484 e. The fourth-order valence-corrected chi connectivity index (χ4v) is 2.71. The van der Waals surface area contributed by atoms with Crippen molar-refractivity contribution in [1.29, 1.82) is 0 Å². The third-order valence-corrected chi connectivity index (χ3v) is 4.16. The van der Waals surface area contributed by atoms with Crippen LogP contribution in [0.3, 0.4) is 0 Å². The fourth-order valence-electron chi connectivity index (χ4n) is 2.12. The molecule has 0 radical (unpaired) electrons. The molecule has 0 unspecified atom stereocenters. The lowest BCUT2D eigenvalue weighted by atomic mass is 10.1. The SMILES string of the molecule is Nc1ccc(SNC(=O)COc2ccc3ccccc3c2)cc1F. The van der Waals surface area contributed by atoms with Gasteiger partial charge in [0.15, 0.2) is 6.61 Å². The van der Waals surface area contributed by atoms with Gasteiger partial charge in [-0.05, 0) is 53.1 Å². The van der Waals surface area contributed by atoms with Crippen molar-refractivity contribution in [2.24, 2.45) is 0 Å². The Bertz CT molecular complexity index is 886. The Labute approximate surface area is 142 Å². The summed E-state index contributed by atoms with van der Waals surface area (Å²) in [4.78, 5) is 12.4. The quantitative estimate of drug-likeness (QED) is 0.547. The van der Waals surface area contributed by atoms with Crippen LogP contribution in [0.5, 0.6) is 5.75 Å². The molecule has 0 aliphatic heterocycles. The molecular formula is C18H15FN2O2S. The molecule has 0 heterocycles. The number of anilines is 1. The first kappa shape index (κ1) is 16.1. The maximum absolute atomic E-state index is 13.3. The predicted molar refractivity (Wildman–Crippen MR) is 94.3 cm³/mol. The number of nitrogens with one attached hydrogen (secondary N) is 1. The van der Waals surface area contributed by atoms with Gasteiger partial charge in [0.2, 0.25) is 0 Å². The Morgan fingerprint density at radius 2 is 1.88 bits per heavy atom. The van der Waals surface area contributed by atoms with Gasteiger partial charge in [-0.25, -0.2) is 4.39 Å². The van der Waals surface area contributed by atoms with Crippen molar-refractivity contribution < 1.29 is 13.9 Å². The first-order valence-electron chi connectivity index (χ1n) is 7.24. The van der Waals surface area contributed by atoms with E-state index in [1.54, 1.807) is 6.07 Å². The van der Waals surface area contributed by atoms with E-state index in [9.17, 15) is 9.18 Å². The topological polar surface area (TPSA) is 64.3 Å². The Hall–Kier alpha value is -2.73. The smallest absolute Gasteiger partial charge is 0.267 e. The minimum Gasteiger partial charge on any atom is -0.484 e. The summed E-state index contributed by atoms with van der Waals surface area (Å²) in [6.07, 6.45) is 0. The van der Waals surface area contributed by atoms with Crippen molar-refractivity contribution in [3.63, 3.8) is 0 Å². The number of carbonyl (C=O) groups excluding carboxylic acids is 1. The Morgan fingerprint density at radius 3 is 2.67 bits per heavy atom. The monoisotopic (exact) mass is 342 g/mol. The minimum atomic E-state index is -0.512. The second kappa shape index (κ2) is 7.23. The predicted octanol–water partition coefficient (Wildman–Crippen LogP) is 3.76. The Morgan fingerprint density at radius 1 is 1.08 bits per heavy atom. The van der Waals surface area contributed by atoms with Gasteiger partial charge < -0.3 is 10.5 Å². The van der Waals surface area contributed by atoms with Crippen molar-refractivity contribution in [1.82, 2.24) is 4.72 Å². The fraction of sp³-hybridized carbons (Fsp3) is 0.0556. The molecular weight excluding hydrogens is 327 g/mol. The number of ether oxygens (including phenoxy) is 1. The molecule has 3 aromatic carbocycles. The average Bonchev–Trinajstić information content (AvgIpc) is 2.60. The van der Waals surface area contributed by atoms with E-state index in [4.69, 9.17) is 10.5 Å². The highest BCUT2D eigenvalue weighted by Crippen LogP contribution is 2.21. The molecule has 0 fully saturated rings. The number of fused-ring (bicyclic) bond motifs is 1. The number of hydrogen-bond acceptors (Lipinski definition) is 4. The number of nitrogen functional groups attached to an aromatic ring is 1. The number of amides is 1. The number of nitrogens with two attached hydrogens (primary N) is 1. The molecule has 0 aliphatic rings. The number of carbonyl (C=O) groups is 1. The summed E-state index contributed by atoms with van der Waals surface area (Å²) in [6, 6.07) is 17.9. The summed E-state index contributed by atoms with van der Waals surface area (Å²) < 4.78 is 21.4. The third kappa shape index (κ3) is 3.97. The van der Waals surface area contributed by atoms with Crippen LogP contribution in [0.4, 0.5) is 10.1 Å². The molecule has 0 aliphatic carbocycles. The highest BCUT2D eigenvalue weighted by atomic mass is 32.2. The van der Waals surface area contributed by atoms with Gasteiger partial charge in [-0.15, -0.1) is 0 Å². The van der Waals surface area contributed by atoms with Crippen LogP contribution in [0.1, 0.15) is 0 Å². The van der Waals surface area contributed by atoms with Crippen molar-refractivity contribution in [2.75, 3.05) is 12.3 Å². The normalized spacial score (nSPS) is 10.5. The molecule has 4 nitrogen and oxygen atoms in total. The summed E-state index contributed by atoms with van der Waals surface area (Å²) in [6.45, 7) is -0.122. The van der Waals surface area contributed by atoms with Crippen LogP contribution in [0, 0.1) is 5.82 Å². The first-order chi connectivity index (χ1) is 11.6. The number of halogens is 1. The van der Waals surface area contributed by atoms with E-state index in [1.807, 2.05) is 42.5 Å². The zero-order valence-electron chi connectivity index (χ0n) is 12.7. The molecule has 3 rings (SSSR count). The summed E-state index contributed by atoms with van der Waals surface area (Å²) in [5.41, 5.74) is 5.48. The molecule has 0 saturated heterocycles. The van der Waals surface area contributed by atoms with E-state index in [0.717, 1.165) is 22.7 Å². The van der Waals surface area contributed by atoms with Crippen LogP contribution in [0.15, 0.2) is 65.6 Å². The van der Waals surface area contributed by atoms with Gasteiger partial charge in [-0.2, -0.15) is 0 Å². The molecule has 3 N–H and O–H groups in total. The Kier molecular flexibility index (Phi) is 4.86. The van der Waals surface area contributed by atoms with Gasteiger partial charge in [-0.1, -0.05) is 30.3 Å². The van der Waals surface area contributed by atoms with Gasteiger partial charge in [0.05, 0.1) is 5.69 Å². The van der Waals surface area contributed by atoms with Crippen molar-refractivity contribution >= 4 is 34.3 Å². The van der Waals surface area contributed by atoms with E-state index in [2.05, 4.69) is 4.72 Å². The molecule has 0 bridgehead atoms. The molecule has 0 spiro atoms. The average molecular weight is 342 g/mol. The first-order valence-corrected chi connectivity index (χ1v) is 8.06. The molecule has 0 aromatic heterocycles. The van der Waals surface area contributed by atoms with Crippen molar-refractivity contribution in [3.05, 3.63) is 66.5 Å². The van der Waals surface area contributed by atoms with E-state index in [0.29, 0.717) is 10.6 Å².